The number of fused-ring (bicyclic) bond motifs is 1. The quantitative estimate of drug-likeness (QED) is 0.781. The summed E-state index contributed by atoms with van der Waals surface area (Å²) < 4.78 is 0. The predicted molar refractivity (Wildman–Crippen MR) is 75.8 cm³/mol. The summed E-state index contributed by atoms with van der Waals surface area (Å²) >= 11 is 0. The van der Waals surface area contributed by atoms with Crippen LogP contribution in [0, 0.1) is 5.92 Å². The van der Waals surface area contributed by atoms with E-state index in [1.165, 1.54) is 38.5 Å². The zero-order valence-electron chi connectivity index (χ0n) is 10.8. The molecular weight excluding hydrogens is 222 g/mol. The monoisotopic (exact) mass is 243 g/mol. The molecule has 0 aliphatic heterocycles. The lowest BCUT2D eigenvalue weighted by molar-refractivity contribution is 0.491. The van der Waals surface area contributed by atoms with Crippen LogP contribution >= 0.6 is 0 Å². The van der Waals surface area contributed by atoms with Crippen LogP contribution in [0.4, 0.5) is 5.95 Å². The van der Waals surface area contributed by atoms with E-state index < -0.39 is 0 Å². The molecule has 2 aromatic rings. The number of imidazole rings is 1. The second-order valence-electron chi connectivity index (χ2n) is 5.32. The molecule has 0 bridgehead atoms. The lowest BCUT2D eigenvalue weighted by Gasteiger charge is -2.08. The number of aromatic amines is 1. The molecule has 1 saturated carbocycles. The van der Waals surface area contributed by atoms with Gasteiger partial charge in [0.25, 0.3) is 0 Å². The Morgan fingerprint density at radius 1 is 1.22 bits per heavy atom. The van der Waals surface area contributed by atoms with Gasteiger partial charge >= 0.3 is 0 Å². The van der Waals surface area contributed by atoms with Crippen molar-refractivity contribution in [1.82, 2.24) is 9.97 Å². The Hall–Kier alpha value is -1.51. The van der Waals surface area contributed by atoms with Gasteiger partial charge in [-0.3, -0.25) is 0 Å². The van der Waals surface area contributed by atoms with Gasteiger partial charge in [0, 0.05) is 6.54 Å². The van der Waals surface area contributed by atoms with Gasteiger partial charge in [0.05, 0.1) is 11.0 Å². The van der Waals surface area contributed by atoms with Crippen molar-refractivity contribution < 1.29 is 0 Å². The molecule has 1 aliphatic carbocycles. The Morgan fingerprint density at radius 2 is 2.06 bits per heavy atom. The van der Waals surface area contributed by atoms with Gasteiger partial charge in [-0.25, -0.2) is 4.98 Å². The van der Waals surface area contributed by atoms with E-state index in [9.17, 15) is 0 Å². The largest absolute Gasteiger partial charge is 0.356 e. The molecule has 0 atom stereocenters. The van der Waals surface area contributed by atoms with Crippen LogP contribution in [-0.4, -0.2) is 16.5 Å². The SMILES string of the molecule is c1ccc2[nH]c(NCCCC3CCCC3)nc2c1. The van der Waals surface area contributed by atoms with Crippen LogP contribution in [0.15, 0.2) is 24.3 Å². The van der Waals surface area contributed by atoms with Gasteiger partial charge in [0.15, 0.2) is 0 Å². The van der Waals surface area contributed by atoms with Gasteiger partial charge in [-0.15, -0.1) is 0 Å². The van der Waals surface area contributed by atoms with Crippen molar-refractivity contribution in [3.05, 3.63) is 24.3 Å². The predicted octanol–water partition coefficient (Wildman–Crippen LogP) is 3.95. The number of H-pyrrole nitrogens is 1. The maximum atomic E-state index is 4.52. The molecule has 0 amide bonds. The zero-order valence-corrected chi connectivity index (χ0v) is 10.8. The molecule has 1 fully saturated rings. The van der Waals surface area contributed by atoms with Crippen LogP contribution in [0.3, 0.4) is 0 Å². The highest BCUT2D eigenvalue weighted by Crippen LogP contribution is 2.28. The highest BCUT2D eigenvalue weighted by Gasteiger charge is 2.13. The Morgan fingerprint density at radius 3 is 2.89 bits per heavy atom. The van der Waals surface area contributed by atoms with Crippen LogP contribution in [0.25, 0.3) is 11.0 Å². The summed E-state index contributed by atoms with van der Waals surface area (Å²) in [6.45, 7) is 1.02. The van der Waals surface area contributed by atoms with Crippen molar-refractivity contribution in [2.75, 3.05) is 11.9 Å². The number of nitrogens with zero attached hydrogens (tertiary/aromatic N) is 1. The lowest BCUT2D eigenvalue weighted by Crippen LogP contribution is -2.05. The molecule has 1 heterocycles. The van der Waals surface area contributed by atoms with E-state index in [-0.39, 0.29) is 0 Å². The number of aromatic nitrogens is 2. The molecule has 0 unspecified atom stereocenters. The Balaban J connectivity index is 1.47. The smallest absolute Gasteiger partial charge is 0.201 e. The molecule has 18 heavy (non-hydrogen) atoms. The average Bonchev–Trinajstić information content (AvgIpc) is 3.03. The number of nitrogens with one attached hydrogen (secondary N) is 2. The number of anilines is 1. The van der Waals surface area contributed by atoms with Crippen molar-refractivity contribution in [2.24, 2.45) is 5.92 Å². The average molecular weight is 243 g/mol. The lowest BCUT2D eigenvalue weighted by atomic mass is 10.0. The molecule has 0 radical (unpaired) electrons. The Labute approximate surface area is 108 Å². The molecule has 1 aromatic heterocycles. The van der Waals surface area contributed by atoms with Crippen molar-refractivity contribution in [3.63, 3.8) is 0 Å². The third kappa shape index (κ3) is 2.66. The summed E-state index contributed by atoms with van der Waals surface area (Å²) in [4.78, 5) is 7.82. The van der Waals surface area contributed by atoms with Gasteiger partial charge in [0.1, 0.15) is 0 Å². The van der Waals surface area contributed by atoms with Crippen LogP contribution in [-0.2, 0) is 0 Å². The molecule has 3 heteroatoms. The zero-order chi connectivity index (χ0) is 12.2. The van der Waals surface area contributed by atoms with Crippen molar-refractivity contribution in [3.8, 4) is 0 Å². The van der Waals surface area contributed by atoms with Crippen LogP contribution in [0.1, 0.15) is 38.5 Å². The Kier molecular flexibility index (Phi) is 3.49. The first-order valence-electron chi connectivity index (χ1n) is 7.10. The summed E-state index contributed by atoms with van der Waals surface area (Å²) in [5.41, 5.74) is 2.14. The minimum atomic E-state index is 0.905. The molecule has 1 aliphatic rings. The molecule has 0 saturated heterocycles. The molecule has 0 spiro atoms. The normalized spacial score (nSPS) is 16.4. The van der Waals surface area contributed by atoms with E-state index in [1.54, 1.807) is 0 Å². The van der Waals surface area contributed by atoms with Gasteiger partial charge in [-0.2, -0.15) is 0 Å². The minimum Gasteiger partial charge on any atom is -0.356 e. The van der Waals surface area contributed by atoms with E-state index in [0.717, 1.165) is 29.4 Å². The maximum Gasteiger partial charge on any atom is 0.201 e. The topological polar surface area (TPSA) is 40.7 Å². The number of para-hydroxylation sites is 2. The second-order valence-corrected chi connectivity index (χ2v) is 5.32. The third-order valence-corrected chi connectivity index (χ3v) is 3.95. The summed E-state index contributed by atoms with van der Waals surface area (Å²) in [6.07, 6.45) is 8.41. The molecule has 96 valence electrons. The standard InChI is InChI=1S/C15H21N3/c1-2-7-12(6-1)8-5-11-16-15-17-13-9-3-4-10-14(13)18-15/h3-4,9-10,12H,1-2,5-8,11H2,(H2,16,17,18). The first kappa shape index (κ1) is 11.6. The van der Waals surface area contributed by atoms with Crippen molar-refractivity contribution >= 4 is 17.0 Å². The molecule has 3 rings (SSSR count). The second kappa shape index (κ2) is 5.42. The summed E-state index contributed by atoms with van der Waals surface area (Å²) in [6, 6.07) is 8.15. The van der Waals surface area contributed by atoms with Gasteiger partial charge < -0.3 is 10.3 Å². The maximum absolute atomic E-state index is 4.52. The highest BCUT2D eigenvalue weighted by atomic mass is 15.1. The van der Waals surface area contributed by atoms with Crippen molar-refractivity contribution in [2.45, 2.75) is 38.5 Å². The van der Waals surface area contributed by atoms with E-state index in [2.05, 4.69) is 21.4 Å². The van der Waals surface area contributed by atoms with E-state index in [4.69, 9.17) is 0 Å². The molecule has 2 N–H and O–H groups in total. The number of benzene rings is 1. The molecule has 3 nitrogen and oxygen atoms in total. The van der Waals surface area contributed by atoms with Gasteiger partial charge in [0.2, 0.25) is 5.95 Å². The summed E-state index contributed by atoms with van der Waals surface area (Å²) in [7, 11) is 0. The Bertz CT molecular complexity index is 464. The fourth-order valence-electron chi connectivity index (χ4n) is 2.93. The first-order chi connectivity index (χ1) is 8.92. The van der Waals surface area contributed by atoms with E-state index >= 15 is 0 Å². The van der Waals surface area contributed by atoms with Crippen LogP contribution < -0.4 is 5.32 Å². The minimum absolute atomic E-state index is 0.905. The van der Waals surface area contributed by atoms with Crippen LogP contribution in [0.5, 0.6) is 0 Å². The van der Waals surface area contributed by atoms with Crippen LogP contribution in [0.2, 0.25) is 0 Å². The first-order valence-corrected chi connectivity index (χ1v) is 7.10. The van der Waals surface area contributed by atoms with Gasteiger partial charge in [-0.1, -0.05) is 37.8 Å². The fraction of sp³-hybridized carbons (Fsp3) is 0.533. The number of rotatable bonds is 5. The van der Waals surface area contributed by atoms with E-state index in [1.807, 2.05) is 18.2 Å². The van der Waals surface area contributed by atoms with Crippen molar-refractivity contribution in [1.29, 1.82) is 0 Å². The summed E-state index contributed by atoms with van der Waals surface area (Å²) in [5.74, 6) is 1.89. The van der Waals surface area contributed by atoms with E-state index in [0.29, 0.717) is 0 Å². The third-order valence-electron chi connectivity index (χ3n) is 3.95. The molecular formula is C15H21N3. The molecule has 1 aromatic carbocycles. The number of hydrogen-bond acceptors (Lipinski definition) is 2. The summed E-state index contributed by atoms with van der Waals surface area (Å²) in [5, 5.41) is 3.39. The fourth-order valence-corrected chi connectivity index (χ4v) is 2.93. The number of hydrogen-bond donors (Lipinski definition) is 2. The highest BCUT2D eigenvalue weighted by molar-refractivity contribution is 5.77. The van der Waals surface area contributed by atoms with Gasteiger partial charge in [-0.05, 0) is 30.9 Å².